The number of fused-ring (bicyclic) bond motifs is 1. The third-order valence-corrected chi connectivity index (χ3v) is 10.0. The first-order valence-electron chi connectivity index (χ1n) is 10.6. The Bertz CT molecular complexity index is 1290. The predicted molar refractivity (Wildman–Crippen MR) is 145 cm³/mol. The summed E-state index contributed by atoms with van der Waals surface area (Å²) in [6, 6.07) is -0.873. The van der Waals surface area contributed by atoms with Gasteiger partial charge < -0.3 is 21.9 Å². The van der Waals surface area contributed by atoms with Crippen LogP contribution in [-0.4, -0.2) is 60.7 Å². The minimum absolute atomic E-state index is 0.0374. The van der Waals surface area contributed by atoms with E-state index in [2.05, 4.69) is 20.5 Å². The Hall–Kier alpha value is -2.37. The first-order valence-corrected chi connectivity index (χ1v) is 14.7. The third-order valence-electron chi connectivity index (χ3n) is 5.38. The number of nitrogen functional groups attached to an aromatic ring is 1. The summed E-state index contributed by atoms with van der Waals surface area (Å²) < 4.78 is 0.0374. The molecule has 0 saturated carbocycles. The van der Waals surface area contributed by atoms with Crippen LogP contribution in [-0.2, 0) is 14.4 Å². The summed E-state index contributed by atoms with van der Waals surface area (Å²) in [6.45, 7) is 1.99. The van der Waals surface area contributed by atoms with Crippen LogP contribution in [0.2, 0.25) is 4.34 Å². The molecule has 2 aliphatic heterocycles. The molecule has 4 heterocycles. The summed E-state index contributed by atoms with van der Waals surface area (Å²) in [5.41, 5.74) is 12.4. The third kappa shape index (κ3) is 5.44. The second-order valence-electron chi connectivity index (χ2n) is 7.58. The number of rotatable bonds is 10. The molecule has 0 radical (unpaired) electrons. The van der Waals surface area contributed by atoms with E-state index in [-0.39, 0.29) is 32.0 Å². The predicted octanol–water partition coefficient (Wildman–Crippen LogP) is 2.78. The van der Waals surface area contributed by atoms with E-state index in [4.69, 9.17) is 23.1 Å². The van der Waals surface area contributed by atoms with Crippen molar-refractivity contribution in [3.8, 4) is 0 Å². The number of anilines is 1. The van der Waals surface area contributed by atoms with Gasteiger partial charge in [0.25, 0.3) is 11.8 Å². The maximum atomic E-state index is 13.0. The molecule has 2 aromatic heterocycles. The molecule has 2 aliphatic rings. The van der Waals surface area contributed by atoms with Crippen LogP contribution >= 0.6 is 58.2 Å². The fourth-order valence-electron chi connectivity index (χ4n) is 3.73. The number of amides is 2. The van der Waals surface area contributed by atoms with Gasteiger partial charge in [-0.2, -0.15) is 0 Å². The van der Waals surface area contributed by atoms with E-state index in [1.807, 2.05) is 6.92 Å². The van der Waals surface area contributed by atoms with Gasteiger partial charge in [0.1, 0.15) is 27.1 Å². The number of thioether (sulfide) groups is 3. The quantitative estimate of drug-likeness (QED) is 0.177. The Balaban J connectivity index is 1.55. The van der Waals surface area contributed by atoms with Crippen LogP contribution in [0.3, 0.4) is 0 Å². The minimum Gasteiger partial charge on any atom is -0.477 e. The summed E-state index contributed by atoms with van der Waals surface area (Å²) in [5, 5.41) is 14.3. The number of hydrogen-bond acceptors (Lipinski definition) is 13. The van der Waals surface area contributed by atoms with Gasteiger partial charge in [0.15, 0.2) is 5.13 Å². The number of nitrogens with two attached hydrogens (primary N) is 2. The van der Waals surface area contributed by atoms with E-state index in [1.54, 1.807) is 18.5 Å². The Morgan fingerprint density at radius 2 is 2.22 bits per heavy atom. The maximum absolute atomic E-state index is 13.0. The molecule has 6 N–H and O–H groups in total. The van der Waals surface area contributed by atoms with Gasteiger partial charge in [0.2, 0.25) is 6.04 Å². The molecule has 4 atom stereocenters. The zero-order chi connectivity index (χ0) is 26.9. The van der Waals surface area contributed by atoms with Gasteiger partial charge in [-0.1, -0.05) is 41.6 Å². The van der Waals surface area contributed by atoms with Crippen LogP contribution in [0, 0.1) is 4.91 Å². The summed E-state index contributed by atoms with van der Waals surface area (Å²) in [6.07, 6.45) is 3.23. The van der Waals surface area contributed by atoms with Gasteiger partial charge in [-0.25, -0.2) is 9.78 Å². The van der Waals surface area contributed by atoms with Crippen LogP contribution in [0.1, 0.15) is 29.6 Å². The Labute approximate surface area is 232 Å². The molecule has 1 fully saturated rings. The van der Waals surface area contributed by atoms with Crippen molar-refractivity contribution in [1.29, 1.82) is 0 Å². The number of aromatic nitrogens is 2. The Kier molecular flexibility index (Phi) is 8.65. The molecule has 196 valence electrons. The highest BCUT2D eigenvalue weighted by Crippen LogP contribution is 2.46. The molecule has 17 heteroatoms. The van der Waals surface area contributed by atoms with Crippen molar-refractivity contribution >= 4 is 81.1 Å². The van der Waals surface area contributed by atoms with Crippen molar-refractivity contribution in [2.45, 2.75) is 34.7 Å². The maximum Gasteiger partial charge on any atom is 0.353 e. The van der Waals surface area contributed by atoms with Crippen LogP contribution in [0.5, 0.6) is 0 Å². The average Bonchev–Trinajstić information content (AvgIpc) is 3.20. The normalized spacial score (nSPS) is 20.6. The summed E-state index contributed by atoms with van der Waals surface area (Å²) in [5.74, 6) is -1.72. The van der Waals surface area contributed by atoms with E-state index < -0.39 is 35.2 Å². The van der Waals surface area contributed by atoms with Gasteiger partial charge in [-0.3, -0.25) is 19.5 Å². The molecule has 37 heavy (non-hydrogen) atoms. The lowest BCUT2D eigenvalue weighted by Crippen LogP contribution is -2.70. The summed E-state index contributed by atoms with van der Waals surface area (Å²) >= 11 is 10.9. The number of carbonyl (C=O) groups excluding carboxylic acids is 2. The van der Waals surface area contributed by atoms with Gasteiger partial charge in [-0.15, -0.1) is 28.4 Å². The van der Waals surface area contributed by atoms with Crippen LogP contribution < -0.4 is 16.8 Å². The fraction of sp³-hybridized carbons (Fsp3) is 0.350. The van der Waals surface area contributed by atoms with Crippen molar-refractivity contribution in [3.63, 3.8) is 0 Å². The number of halogens is 1. The second kappa shape index (κ2) is 11.6. The van der Waals surface area contributed by atoms with Crippen molar-refractivity contribution in [2.24, 2.45) is 10.9 Å². The SMILES string of the molecule is CCSC(N)c1ccncc1SC1=C(C(=O)O)N2C(=O)[C@@H](NC(=O)C(N=O)c3nc(N)sc3Cl)[C@@H]2SC1. The van der Waals surface area contributed by atoms with Crippen molar-refractivity contribution < 1.29 is 19.5 Å². The van der Waals surface area contributed by atoms with E-state index in [0.29, 0.717) is 9.80 Å². The molecule has 1 saturated heterocycles. The van der Waals surface area contributed by atoms with Gasteiger partial charge in [0, 0.05) is 27.9 Å². The zero-order valence-electron chi connectivity index (χ0n) is 19.0. The molecule has 2 aromatic rings. The standard InChI is InChI=1S/C20H20ClN7O5S4/c1-2-34-15(22)7-3-4-24-5-8(7)36-9-6-35-18-12(17(30)28(18)13(9)19(31)32)25-16(29)11(27-33)10-14(21)37-20(23)26-10/h3-5,11-12,15,18H,2,6,22H2,1H3,(H2,23,26)(H,25,29)(H,31,32)/t11?,12-,15?,18+/m1/s1. The van der Waals surface area contributed by atoms with Gasteiger partial charge >= 0.3 is 5.97 Å². The lowest BCUT2D eigenvalue weighted by Gasteiger charge is -2.49. The Morgan fingerprint density at radius 3 is 2.84 bits per heavy atom. The summed E-state index contributed by atoms with van der Waals surface area (Å²) in [4.78, 5) is 59.7. The first-order chi connectivity index (χ1) is 17.7. The number of nitroso groups, excluding NO2 is 1. The van der Waals surface area contributed by atoms with E-state index in [0.717, 1.165) is 27.6 Å². The molecule has 0 aromatic carbocycles. The molecule has 0 bridgehead atoms. The molecule has 0 aliphatic carbocycles. The zero-order valence-corrected chi connectivity index (χ0v) is 23.0. The lowest BCUT2D eigenvalue weighted by atomic mass is 10.0. The Morgan fingerprint density at radius 1 is 1.46 bits per heavy atom. The van der Waals surface area contributed by atoms with Crippen LogP contribution in [0.15, 0.2) is 39.1 Å². The number of aliphatic carboxylic acids is 1. The first kappa shape index (κ1) is 27.7. The largest absolute Gasteiger partial charge is 0.477 e. The van der Waals surface area contributed by atoms with Crippen molar-refractivity contribution in [2.75, 3.05) is 17.2 Å². The lowest BCUT2D eigenvalue weighted by molar-refractivity contribution is -0.150. The highest BCUT2D eigenvalue weighted by Gasteiger charge is 2.55. The number of nitrogens with zero attached hydrogens (tertiary/aromatic N) is 4. The fourth-order valence-corrected chi connectivity index (χ4v) is 8.13. The molecular formula is C20H20ClN7O5S4. The number of β-lactam (4-membered cyclic amide) rings is 1. The molecular weight excluding hydrogens is 582 g/mol. The number of hydrogen-bond donors (Lipinski definition) is 4. The molecule has 4 rings (SSSR count). The number of nitrogens with one attached hydrogen (secondary N) is 1. The number of thiazole rings is 1. The highest BCUT2D eigenvalue weighted by atomic mass is 35.5. The van der Waals surface area contributed by atoms with Gasteiger partial charge in [0.05, 0.1) is 5.37 Å². The van der Waals surface area contributed by atoms with E-state index >= 15 is 0 Å². The van der Waals surface area contributed by atoms with Crippen LogP contribution in [0.25, 0.3) is 0 Å². The van der Waals surface area contributed by atoms with E-state index in [1.165, 1.54) is 35.3 Å². The van der Waals surface area contributed by atoms with Crippen LogP contribution in [0.4, 0.5) is 5.13 Å². The topological polar surface area (TPSA) is 194 Å². The molecule has 2 amide bonds. The van der Waals surface area contributed by atoms with Crippen molar-refractivity contribution in [3.05, 3.63) is 49.6 Å². The minimum atomic E-state index is -1.61. The number of pyridine rings is 1. The van der Waals surface area contributed by atoms with E-state index in [9.17, 15) is 24.4 Å². The average molecular weight is 602 g/mol. The van der Waals surface area contributed by atoms with Gasteiger partial charge in [-0.05, 0) is 22.6 Å². The highest BCUT2D eigenvalue weighted by molar-refractivity contribution is 8.06. The summed E-state index contributed by atoms with van der Waals surface area (Å²) in [7, 11) is 0. The molecule has 12 nitrogen and oxygen atoms in total. The number of carboxylic acid groups (broad SMARTS) is 1. The molecule has 2 unspecified atom stereocenters. The number of carbonyl (C=O) groups is 3. The second-order valence-corrected chi connectivity index (χ2v) is 12.9. The number of carboxylic acids is 1. The monoisotopic (exact) mass is 601 g/mol. The smallest absolute Gasteiger partial charge is 0.353 e. The van der Waals surface area contributed by atoms with Crippen molar-refractivity contribution in [1.82, 2.24) is 20.2 Å². The molecule has 0 spiro atoms.